The van der Waals surface area contributed by atoms with Crippen molar-refractivity contribution in [2.45, 2.75) is 44.6 Å². The molecule has 0 saturated heterocycles. The number of rotatable bonds is 5. The van der Waals surface area contributed by atoms with Gasteiger partial charge in [-0.3, -0.25) is 4.79 Å². The molecule has 0 aliphatic heterocycles. The summed E-state index contributed by atoms with van der Waals surface area (Å²) >= 11 is 0. The van der Waals surface area contributed by atoms with E-state index in [1.54, 1.807) is 0 Å². The van der Waals surface area contributed by atoms with Gasteiger partial charge in [-0.1, -0.05) is 43.5 Å². The topological polar surface area (TPSA) is 20.3 Å². The lowest BCUT2D eigenvalue weighted by Gasteiger charge is -2.23. The molecule has 0 N–H and O–H groups in total. The first-order valence-corrected chi connectivity index (χ1v) is 8.61. The molecule has 0 bridgehead atoms. The maximum Gasteiger partial charge on any atom is 0.150 e. The molecule has 23 heavy (non-hydrogen) atoms. The third-order valence-corrected chi connectivity index (χ3v) is 4.95. The van der Waals surface area contributed by atoms with Gasteiger partial charge >= 0.3 is 0 Å². The van der Waals surface area contributed by atoms with E-state index in [4.69, 9.17) is 0 Å². The fourth-order valence-electron chi connectivity index (χ4n) is 3.50. The van der Waals surface area contributed by atoms with Gasteiger partial charge in [0.15, 0.2) is 0 Å². The van der Waals surface area contributed by atoms with Crippen molar-refractivity contribution >= 4 is 12.0 Å². The lowest BCUT2D eigenvalue weighted by Crippen LogP contribution is -2.16. The first-order valence-electron chi connectivity index (χ1n) is 8.61. The minimum absolute atomic E-state index is 0.721. The van der Waals surface area contributed by atoms with E-state index < -0.39 is 0 Å². The molecule has 1 saturated carbocycles. The van der Waals surface area contributed by atoms with Gasteiger partial charge in [-0.25, -0.2) is 0 Å². The van der Waals surface area contributed by atoms with E-state index in [1.165, 1.54) is 43.2 Å². The molecular formula is C21H25NO. The van der Waals surface area contributed by atoms with Crippen molar-refractivity contribution in [2.75, 3.05) is 11.9 Å². The molecule has 2 nitrogen and oxygen atoms in total. The zero-order valence-corrected chi connectivity index (χ0v) is 13.9. The fraction of sp³-hybridized carbons (Fsp3) is 0.381. The lowest BCUT2D eigenvalue weighted by atomic mass is 9.84. The standard InChI is InChI=1S/C21H25NO/c1-22(21-13-9-18(16-23)10-14-21)15-17-7-11-20(12-8-17)19-5-3-2-4-6-19/h7-14,16,19H,2-6,15H2,1H3. The van der Waals surface area contributed by atoms with Gasteiger partial charge in [-0.2, -0.15) is 0 Å². The molecule has 0 atom stereocenters. The Morgan fingerprint density at radius 2 is 1.61 bits per heavy atom. The first-order chi connectivity index (χ1) is 11.3. The van der Waals surface area contributed by atoms with Crippen LogP contribution >= 0.6 is 0 Å². The van der Waals surface area contributed by atoms with E-state index in [2.05, 4.69) is 36.2 Å². The van der Waals surface area contributed by atoms with Crippen LogP contribution in [0.25, 0.3) is 0 Å². The van der Waals surface area contributed by atoms with Gasteiger partial charge in [-0.15, -0.1) is 0 Å². The second-order valence-corrected chi connectivity index (χ2v) is 6.64. The van der Waals surface area contributed by atoms with Crippen LogP contribution in [0.4, 0.5) is 5.69 Å². The molecule has 1 aliphatic carbocycles. The number of hydrogen-bond donors (Lipinski definition) is 0. The monoisotopic (exact) mass is 307 g/mol. The molecule has 0 aromatic heterocycles. The maximum atomic E-state index is 10.7. The maximum absolute atomic E-state index is 10.7. The van der Waals surface area contributed by atoms with Gasteiger partial charge in [0.1, 0.15) is 6.29 Å². The van der Waals surface area contributed by atoms with Gasteiger partial charge < -0.3 is 4.90 Å². The molecule has 2 heteroatoms. The number of nitrogens with zero attached hydrogens (tertiary/aromatic N) is 1. The predicted octanol–water partition coefficient (Wildman–Crippen LogP) is 5.18. The van der Waals surface area contributed by atoms with Crippen molar-refractivity contribution in [3.63, 3.8) is 0 Å². The lowest BCUT2D eigenvalue weighted by molar-refractivity contribution is 0.112. The van der Waals surface area contributed by atoms with E-state index >= 15 is 0 Å². The Labute approximate surface area is 139 Å². The Morgan fingerprint density at radius 3 is 2.22 bits per heavy atom. The van der Waals surface area contributed by atoms with E-state index in [9.17, 15) is 4.79 Å². The molecule has 3 rings (SSSR count). The van der Waals surface area contributed by atoms with Gasteiger partial charge in [-0.05, 0) is 54.2 Å². The third kappa shape index (κ3) is 4.01. The molecule has 0 unspecified atom stereocenters. The number of carbonyl (C=O) groups excluding carboxylic acids is 1. The summed E-state index contributed by atoms with van der Waals surface area (Å²) in [6.45, 7) is 0.880. The van der Waals surface area contributed by atoms with Gasteiger partial charge in [0.2, 0.25) is 0 Å². The van der Waals surface area contributed by atoms with E-state index in [0.717, 1.165) is 30.0 Å². The van der Waals surface area contributed by atoms with E-state index in [1.807, 2.05) is 24.3 Å². The van der Waals surface area contributed by atoms with Gasteiger partial charge in [0, 0.05) is 24.8 Å². The van der Waals surface area contributed by atoms with Crippen LogP contribution in [0.2, 0.25) is 0 Å². The van der Waals surface area contributed by atoms with Gasteiger partial charge in [0.05, 0.1) is 0 Å². The highest BCUT2D eigenvalue weighted by Crippen LogP contribution is 2.32. The van der Waals surface area contributed by atoms with Crippen LogP contribution in [0.1, 0.15) is 59.5 Å². The zero-order chi connectivity index (χ0) is 16.1. The quantitative estimate of drug-likeness (QED) is 0.709. The highest BCUT2D eigenvalue weighted by atomic mass is 16.1. The van der Waals surface area contributed by atoms with Crippen LogP contribution in [0.5, 0.6) is 0 Å². The Balaban J connectivity index is 1.63. The van der Waals surface area contributed by atoms with Crippen LogP contribution < -0.4 is 4.90 Å². The summed E-state index contributed by atoms with van der Waals surface area (Å²) in [6, 6.07) is 16.9. The van der Waals surface area contributed by atoms with Crippen LogP contribution in [-0.4, -0.2) is 13.3 Å². The highest BCUT2D eigenvalue weighted by Gasteiger charge is 2.15. The Bertz CT molecular complexity index is 624. The molecular weight excluding hydrogens is 282 g/mol. The van der Waals surface area contributed by atoms with Crippen LogP contribution in [0.15, 0.2) is 48.5 Å². The number of aldehydes is 1. The summed E-state index contributed by atoms with van der Waals surface area (Å²) < 4.78 is 0. The van der Waals surface area contributed by atoms with Crippen molar-refractivity contribution in [1.82, 2.24) is 0 Å². The summed E-state index contributed by atoms with van der Waals surface area (Å²) in [4.78, 5) is 12.9. The summed E-state index contributed by atoms with van der Waals surface area (Å²) in [6.07, 6.45) is 7.75. The van der Waals surface area contributed by atoms with Gasteiger partial charge in [0.25, 0.3) is 0 Å². The van der Waals surface area contributed by atoms with Crippen molar-refractivity contribution < 1.29 is 4.79 Å². The number of carbonyl (C=O) groups is 1. The zero-order valence-electron chi connectivity index (χ0n) is 13.9. The Hall–Kier alpha value is -2.09. The Morgan fingerprint density at radius 1 is 0.957 bits per heavy atom. The molecule has 0 radical (unpaired) electrons. The molecule has 2 aromatic rings. The van der Waals surface area contributed by atoms with Crippen molar-refractivity contribution in [2.24, 2.45) is 0 Å². The van der Waals surface area contributed by atoms with Crippen LogP contribution in [0.3, 0.4) is 0 Å². The number of anilines is 1. The third-order valence-electron chi connectivity index (χ3n) is 4.95. The summed E-state index contributed by atoms with van der Waals surface area (Å²) in [5.74, 6) is 0.770. The molecule has 0 amide bonds. The minimum atomic E-state index is 0.721. The summed E-state index contributed by atoms with van der Waals surface area (Å²) in [5.41, 5.74) is 4.68. The van der Waals surface area contributed by atoms with E-state index in [-0.39, 0.29) is 0 Å². The first kappa shape index (κ1) is 15.8. The SMILES string of the molecule is CN(Cc1ccc(C2CCCCC2)cc1)c1ccc(C=O)cc1. The summed E-state index contributed by atoms with van der Waals surface area (Å²) in [7, 11) is 2.09. The average molecular weight is 307 g/mol. The molecule has 120 valence electrons. The smallest absolute Gasteiger partial charge is 0.150 e. The molecule has 1 aliphatic rings. The van der Waals surface area contributed by atoms with Crippen molar-refractivity contribution in [1.29, 1.82) is 0 Å². The largest absolute Gasteiger partial charge is 0.370 e. The molecule has 0 spiro atoms. The normalized spacial score (nSPS) is 15.3. The molecule has 2 aromatic carbocycles. The minimum Gasteiger partial charge on any atom is -0.370 e. The number of benzene rings is 2. The number of hydrogen-bond acceptors (Lipinski definition) is 2. The Kier molecular flexibility index (Phi) is 5.12. The second-order valence-electron chi connectivity index (χ2n) is 6.64. The van der Waals surface area contributed by atoms with E-state index in [0.29, 0.717) is 0 Å². The predicted molar refractivity (Wildman–Crippen MR) is 96.2 cm³/mol. The van der Waals surface area contributed by atoms with Crippen LogP contribution in [0, 0.1) is 0 Å². The highest BCUT2D eigenvalue weighted by molar-refractivity contribution is 5.75. The van der Waals surface area contributed by atoms with Crippen molar-refractivity contribution in [3.8, 4) is 0 Å². The summed E-state index contributed by atoms with van der Waals surface area (Å²) in [5, 5.41) is 0. The molecule has 1 fully saturated rings. The fourth-order valence-corrected chi connectivity index (χ4v) is 3.50. The van der Waals surface area contributed by atoms with Crippen LogP contribution in [-0.2, 0) is 6.54 Å². The average Bonchev–Trinajstić information content (AvgIpc) is 2.63. The molecule has 0 heterocycles. The second kappa shape index (κ2) is 7.45. The van der Waals surface area contributed by atoms with Crippen molar-refractivity contribution in [3.05, 3.63) is 65.2 Å².